The van der Waals surface area contributed by atoms with Crippen LogP contribution < -0.4 is 4.90 Å². The number of aromatic nitrogens is 1. The van der Waals surface area contributed by atoms with E-state index in [2.05, 4.69) is 27.9 Å². The SMILES string of the molecule is CN1CC2CC1CN(c1cccnc1)C2. The average molecular weight is 203 g/mol. The molecule has 0 aromatic carbocycles. The van der Waals surface area contributed by atoms with E-state index in [1.165, 1.54) is 31.7 Å². The van der Waals surface area contributed by atoms with Gasteiger partial charge >= 0.3 is 0 Å². The van der Waals surface area contributed by atoms with Crippen LogP contribution in [-0.2, 0) is 0 Å². The second-order valence-electron chi connectivity index (χ2n) is 4.81. The summed E-state index contributed by atoms with van der Waals surface area (Å²) >= 11 is 0. The quantitative estimate of drug-likeness (QED) is 0.684. The Labute approximate surface area is 90.7 Å². The molecule has 2 saturated heterocycles. The van der Waals surface area contributed by atoms with Crippen molar-refractivity contribution in [3.05, 3.63) is 24.5 Å². The zero-order chi connectivity index (χ0) is 10.3. The van der Waals surface area contributed by atoms with Crippen LogP contribution in [-0.4, -0.2) is 42.6 Å². The fourth-order valence-corrected chi connectivity index (χ4v) is 2.93. The first-order valence-electron chi connectivity index (χ1n) is 5.68. The topological polar surface area (TPSA) is 19.4 Å². The summed E-state index contributed by atoms with van der Waals surface area (Å²) in [5.74, 6) is 0.856. The van der Waals surface area contributed by atoms with E-state index in [0.717, 1.165) is 12.0 Å². The smallest absolute Gasteiger partial charge is 0.0553 e. The van der Waals surface area contributed by atoms with E-state index in [1.807, 2.05) is 18.5 Å². The molecule has 15 heavy (non-hydrogen) atoms. The van der Waals surface area contributed by atoms with E-state index in [4.69, 9.17) is 0 Å². The van der Waals surface area contributed by atoms with Crippen LogP contribution >= 0.6 is 0 Å². The number of piperidine rings is 1. The van der Waals surface area contributed by atoms with Gasteiger partial charge in [-0.2, -0.15) is 0 Å². The number of rotatable bonds is 1. The predicted octanol–water partition coefficient (Wildman–Crippen LogP) is 1.22. The van der Waals surface area contributed by atoms with Crippen molar-refractivity contribution < 1.29 is 0 Å². The molecule has 0 saturated carbocycles. The monoisotopic (exact) mass is 203 g/mol. The number of likely N-dealkylation sites (tertiary alicyclic amines) is 1. The van der Waals surface area contributed by atoms with Crippen molar-refractivity contribution in [2.75, 3.05) is 31.6 Å². The van der Waals surface area contributed by atoms with Gasteiger partial charge in [0.1, 0.15) is 0 Å². The third-order valence-electron chi connectivity index (χ3n) is 3.70. The highest BCUT2D eigenvalue weighted by molar-refractivity contribution is 5.44. The Hall–Kier alpha value is -1.09. The molecule has 3 heteroatoms. The summed E-state index contributed by atoms with van der Waals surface area (Å²) in [5, 5.41) is 0. The molecule has 1 aromatic heterocycles. The van der Waals surface area contributed by atoms with Crippen LogP contribution in [0.1, 0.15) is 6.42 Å². The van der Waals surface area contributed by atoms with E-state index in [1.54, 1.807) is 0 Å². The minimum Gasteiger partial charge on any atom is -0.368 e. The fraction of sp³-hybridized carbons (Fsp3) is 0.583. The van der Waals surface area contributed by atoms with Gasteiger partial charge in [-0.3, -0.25) is 4.98 Å². The normalized spacial score (nSPS) is 30.9. The number of likely N-dealkylation sites (N-methyl/N-ethyl adjacent to an activating group) is 1. The molecule has 3 nitrogen and oxygen atoms in total. The molecular formula is C12H17N3. The lowest BCUT2D eigenvalue weighted by Gasteiger charge is -2.33. The molecule has 2 fully saturated rings. The van der Waals surface area contributed by atoms with Gasteiger partial charge in [0.15, 0.2) is 0 Å². The number of pyridine rings is 1. The summed E-state index contributed by atoms with van der Waals surface area (Å²) in [6.45, 7) is 3.63. The maximum absolute atomic E-state index is 4.19. The van der Waals surface area contributed by atoms with Crippen LogP contribution in [0.2, 0.25) is 0 Å². The average Bonchev–Trinajstić information content (AvgIpc) is 2.54. The third-order valence-corrected chi connectivity index (χ3v) is 3.70. The Morgan fingerprint density at radius 2 is 2.27 bits per heavy atom. The number of anilines is 1. The maximum Gasteiger partial charge on any atom is 0.0553 e. The highest BCUT2D eigenvalue weighted by atomic mass is 15.3. The van der Waals surface area contributed by atoms with Crippen molar-refractivity contribution >= 4 is 5.69 Å². The van der Waals surface area contributed by atoms with Gasteiger partial charge in [0.05, 0.1) is 11.9 Å². The first-order valence-corrected chi connectivity index (χ1v) is 5.68. The Bertz CT molecular complexity index is 336. The molecule has 0 aliphatic carbocycles. The second kappa shape index (κ2) is 3.49. The van der Waals surface area contributed by atoms with Crippen LogP contribution in [0.25, 0.3) is 0 Å². The molecule has 0 spiro atoms. The molecule has 2 unspecified atom stereocenters. The maximum atomic E-state index is 4.19. The van der Waals surface area contributed by atoms with Crippen molar-refractivity contribution in [3.63, 3.8) is 0 Å². The molecule has 0 N–H and O–H groups in total. The molecule has 2 aliphatic rings. The summed E-state index contributed by atoms with van der Waals surface area (Å²) in [5.41, 5.74) is 1.28. The molecule has 2 atom stereocenters. The number of nitrogens with zero attached hydrogens (tertiary/aromatic N) is 3. The zero-order valence-corrected chi connectivity index (χ0v) is 9.13. The van der Waals surface area contributed by atoms with Gasteiger partial charge in [0, 0.05) is 31.9 Å². The van der Waals surface area contributed by atoms with Crippen LogP contribution in [0.15, 0.2) is 24.5 Å². The highest BCUT2D eigenvalue weighted by Crippen LogP contribution is 2.30. The number of fused-ring (bicyclic) bond motifs is 2. The lowest BCUT2D eigenvalue weighted by atomic mass is 10.00. The van der Waals surface area contributed by atoms with Gasteiger partial charge in [-0.05, 0) is 31.5 Å². The Morgan fingerprint density at radius 1 is 1.33 bits per heavy atom. The van der Waals surface area contributed by atoms with Gasteiger partial charge in [0.25, 0.3) is 0 Å². The van der Waals surface area contributed by atoms with Crippen molar-refractivity contribution in [1.82, 2.24) is 9.88 Å². The summed E-state index contributed by atoms with van der Waals surface area (Å²) in [6.07, 6.45) is 5.20. The van der Waals surface area contributed by atoms with Gasteiger partial charge in [0.2, 0.25) is 0 Å². The standard InChI is InChI=1S/C12H17N3/c1-14-7-10-5-12(14)9-15(8-10)11-3-2-4-13-6-11/h2-4,6,10,12H,5,7-9H2,1H3. The van der Waals surface area contributed by atoms with Gasteiger partial charge in [-0.25, -0.2) is 0 Å². The molecule has 2 aliphatic heterocycles. The van der Waals surface area contributed by atoms with Crippen molar-refractivity contribution in [1.29, 1.82) is 0 Å². The Kier molecular flexibility index (Phi) is 2.13. The molecule has 2 bridgehead atoms. The van der Waals surface area contributed by atoms with E-state index < -0.39 is 0 Å². The second-order valence-corrected chi connectivity index (χ2v) is 4.81. The van der Waals surface area contributed by atoms with Crippen molar-refractivity contribution in [2.24, 2.45) is 5.92 Å². The predicted molar refractivity (Wildman–Crippen MR) is 61.0 cm³/mol. The van der Waals surface area contributed by atoms with E-state index >= 15 is 0 Å². The number of hydrogen-bond donors (Lipinski definition) is 0. The molecular weight excluding hydrogens is 186 g/mol. The summed E-state index contributed by atoms with van der Waals surface area (Å²) in [7, 11) is 2.25. The summed E-state index contributed by atoms with van der Waals surface area (Å²) in [6, 6.07) is 4.94. The van der Waals surface area contributed by atoms with E-state index in [-0.39, 0.29) is 0 Å². The zero-order valence-electron chi connectivity index (χ0n) is 9.13. The Morgan fingerprint density at radius 3 is 3.00 bits per heavy atom. The largest absolute Gasteiger partial charge is 0.368 e. The lowest BCUT2D eigenvalue weighted by molar-refractivity contribution is 0.317. The molecule has 1 aromatic rings. The molecule has 80 valence electrons. The molecule has 0 amide bonds. The molecule has 3 rings (SSSR count). The number of hydrogen-bond acceptors (Lipinski definition) is 3. The minimum absolute atomic E-state index is 0.754. The van der Waals surface area contributed by atoms with Gasteiger partial charge < -0.3 is 9.80 Å². The minimum atomic E-state index is 0.754. The van der Waals surface area contributed by atoms with Gasteiger partial charge in [-0.1, -0.05) is 0 Å². The van der Waals surface area contributed by atoms with Gasteiger partial charge in [-0.15, -0.1) is 0 Å². The Balaban J connectivity index is 1.80. The first-order chi connectivity index (χ1) is 7.33. The van der Waals surface area contributed by atoms with Crippen LogP contribution in [0.3, 0.4) is 0 Å². The molecule has 0 radical (unpaired) electrons. The molecule has 3 heterocycles. The van der Waals surface area contributed by atoms with Crippen LogP contribution in [0, 0.1) is 5.92 Å². The van der Waals surface area contributed by atoms with Crippen molar-refractivity contribution in [2.45, 2.75) is 12.5 Å². The summed E-state index contributed by atoms with van der Waals surface area (Å²) < 4.78 is 0. The lowest BCUT2D eigenvalue weighted by Crippen LogP contribution is -2.41. The van der Waals surface area contributed by atoms with E-state index in [9.17, 15) is 0 Å². The van der Waals surface area contributed by atoms with Crippen LogP contribution in [0.4, 0.5) is 5.69 Å². The van der Waals surface area contributed by atoms with Crippen molar-refractivity contribution in [3.8, 4) is 0 Å². The fourth-order valence-electron chi connectivity index (χ4n) is 2.93. The highest BCUT2D eigenvalue weighted by Gasteiger charge is 2.36. The third kappa shape index (κ3) is 1.61. The van der Waals surface area contributed by atoms with Crippen LogP contribution in [0.5, 0.6) is 0 Å². The summed E-state index contributed by atoms with van der Waals surface area (Å²) in [4.78, 5) is 9.18. The van der Waals surface area contributed by atoms with E-state index in [0.29, 0.717) is 0 Å². The first kappa shape index (κ1) is 9.16.